The third-order valence-corrected chi connectivity index (χ3v) is 3.34. The summed E-state index contributed by atoms with van der Waals surface area (Å²) < 4.78 is 28.3. The summed E-state index contributed by atoms with van der Waals surface area (Å²) in [6.45, 7) is 1.30. The van der Waals surface area contributed by atoms with Crippen LogP contribution in [0.3, 0.4) is 0 Å². The molecule has 1 atom stereocenters. The van der Waals surface area contributed by atoms with E-state index >= 15 is 0 Å². The maximum absolute atomic E-state index is 10.3. The third-order valence-electron chi connectivity index (χ3n) is 2.13. The zero-order chi connectivity index (χ0) is 17.4. The minimum Gasteiger partial charge on any atom is -0.481 e. The smallest absolute Gasteiger partial charge is 0.336 e. The van der Waals surface area contributed by atoms with Crippen molar-refractivity contribution in [2.24, 2.45) is 5.73 Å². The Morgan fingerprint density at radius 2 is 1.43 bits per heavy atom. The topological polar surface area (TPSA) is 213 Å². The molecule has 11 nitrogen and oxygen atoms in total. The molecule has 12 heteroatoms. The molecule has 0 aliphatic rings. The van der Waals surface area contributed by atoms with Gasteiger partial charge in [0.15, 0.2) is 5.60 Å². The first-order valence-electron chi connectivity index (χ1n) is 5.32. The fourth-order valence-corrected chi connectivity index (χ4v) is 1.08. The molecule has 0 aliphatic heterocycles. The van der Waals surface area contributed by atoms with E-state index in [4.69, 9.17) is 30.7 Å². The predicted octanol–water partition coefficient (Wildman–Crippen LogP) is -2.03. The van der Waals surface area contributed by atoms with Crippen LogP contribution < -0.4 is 5.73 Å². The Balaban J connectivity index is 0. The van der Waals surface area contributed by atoms with Gasteiger partial charge in [0.05, 0.1) is 18.1 Å². The second-order valence-electron chi connectivity index (χ2n) is 4.04. The van der Waals surface area contributed by atoms with Gasteiger partial charge in [0.25, 0.3) is 10.1 Å². The van der Waals surface area contributed by atoms with E-state index in [1.807, 2.05) is 0 Å². The molecule has 0 saturated carbocycles. The van der Waals surface area contributed by atoms with Gasteiger partial charge in [-0.1, -0.05) is 0 Å². The first kappa shape index (κ1) is 21.5. The van der Waals surface area contributed by atoms with Crippen LogP contribution >= 0.6 is 0 Å². The number of carboxylic acid groups (broad SMARTS) is 3. The molecule has 21 heavy (non-hydrogen) atoms. The Morgan fingerprint density at radius 1 is 1.10 bits per heavy atom. The highest BCUT2D eigenvalue weighted by molar-refractivity contribution is 7.86. The van der Waals surface area contributed by atoms with Gasteiger partial charge < -0.3 is 26.2 Å². The maximum Gasteiger partial charge on any atom is 0.336 e. The van der Waals surface area contributed by atoms with Crippen LogP contribution in [0.25, 0.3) is 0 Å². The first-order chi connectivity index (χ1) is 9.26. The van der Waals surface area contributed by atoms with Crippen LogP contribution in [0, 0.1) is 0 Å². The fraction of sp³-hybridized carbons (Fsp3) is 0.667. The summed E-state index contributed by atoms with van der Waals surface area (Å²) in [4.78, 5) is 30.5. The van der Waals surface area contributed by atoms with E-state index in [-0.39, 0.29) is 6.54 Å². The van der Waals surface area contributed by atoms with Crippen LogP contribution in [0.5, 0.6) is 0 Å². The number of hydrogen-bond acceptors (Lipinski definition) is 7. The monoisotopic (exact) mass is 331 g/mol. The zero-order valence-electron chi connectivity index (χ0n) is 11.0. The van der Waals surface area contributed by atoms with Gasteiger partial charge in [0.1, 0.15) is 0 Å². The van der Waals surface area contributed by atoms with Crippen molar-refractivity contribution < 1.29 is 47.8 Å². The van der Waals surface area contributed by atoms with E-state index < -0.39 is 51.7 Å². The lowest BCUT2D eigenvalue weighted by Crippen LogP contribution is -2.42. The van der Waals surface area contributed by atoms with Crippen molar-refractivity contribution in [3.8, 4) is 0 Å². The van der Waals surface area contributed by atoms with Crippen LogP contribution in [0.15, 0.2) is 0 Å². The highest BCUT2D eigenvalue weighted by Crippen LogP contribution is 2.15. The number of rotatable bonds is 7. The predicted molar refractivity (Wildman–Crippen MR) is 67.2 cm³/mol. The van der Waals surface area contributed by atoms with Gasteiger partial charge in [0, 0.05) is 6.54 Å². The summed E-state index contributed by atoms with van der Waals surface area (Å²) >= 11 is 0. The second kappa shape index (κ2) is 8.51. The van der Waals surface area contributed by atoms with Crippen molar-refractivity contribution in [3.05, 3.63) is 0 Å². The van der Waals surface area contributed by atoms with Gasteiger partial charge in [-0.15, -0.1) is 0 Å². The summed E-state index contributed by atoms with van der Waals surface area (Å²) in [5.74, 6) is -5.02. The summed E-state index contributed by atoms with van der Waals surface area (Å²) in [5.41, 5.74) is 2.18. The SMILES string of the molecule is CC(CN)S(=O)(=O)O.O=C(O)CC(O)(CC(=O)O)C(=O)O. The molecule has 0 bridgehead atoms. The summed E-state index contributed by atoms with van der Waals surface area (Å²) in [6.07, 6.45) is -2.29. The second-order valence-corrected chi connectivity index (χ2v) is 5.87. The molecule has 0 saturated heterocycles. The molecule has 0 aromatic rings. The molecule has 0 fully saturated rings. The van der Waals surface area contributed by atoms with Gasteiger partial charge >= 0.3 is 17.9 Å². The van der Waals surface area contributed by atoms with Crippen LogP contribution in [0.2, 0.25) is 0 Å². The molecule has 0 spiro atoms. The van der Waals surface area contributed by atoms with E-state index in [0.29, 0.717) is 0 Å². The number of nitrogens with two attached hydrogens (primary N) is 1. The number of carboxylic acids is 3. The van der Waals surface area contributed by atoms with Gasteiger partial charge in [-0.2, -0.15) is 8.42 Å². The Kier molecular flexibility index (Phi) is 8.73. The Bertz CT molecular complexity index is 469. The van der Waals surface area contributed by atoms with E-state index in [2.05, 4.69) is 0 Å². The Hall–Kier alpha value is -1.76. The molecular weight excluding hydrogens is 314 g/mol. The summed E-state index contributed by atoms with van der Waals surface area (Å²) in [6, 6.07) is 0. The van der Waals surface area contributed by atoms with Crippen molar-refractivity contribution >= 4 is 28.0 Å². The average Bonchev–Trinajstić information content (AvgIpc) is 2.24. The lowest BCUT2D eigenvalue weighted by Gasteiger charge is -2.18. The summed E-state index contributed by atoms with van der Waals surface area (Å²) in [7, 11) is -3.88. The molecule has 0 heterocycles. The molecule has 7 N–H and O–H groups in total. The van der Waals surface area contributed by atoms with Crippen molar-refractivity contribution in [2.75, 3.05) is 6.54 Å². The van der Waals surface area contributed by atoms with Crippen LogP contribution in [0.4, 0.5) is 0 Å². The van der Waals surface area contributed by atoms with Crippen LogP contribution in [-0.2, 0) is 24.5 Å². The zero-order valence-corrected chi connectivity index (χ0v) is 11.8. The lowest BCUT2D eigenvalue weighted by atomic mass is 9.96. The molecule has 124 valence electrons. The van der Waals surface area contributed by atoms with Crippen LogP contribution in [0.1, 0.15) is 19.8 Å². The van der Waals surface area contributed by atoms with E-state index in [1.54, 1.807) is 0 Å². The number of carbonyl (C=O) groups is 3. The van der Waals surface area contributed by atoms with E-state index in [0.717, 1.165) is 0 Å². The normalized spacial score (nSPS) is 12.8. The maximum atomic E-state index is 10.3. The van der Waals surface area contributed by atoms with Gasteiger partial charge in [-0.05, 0) is 6.92 Å². The van der Waals surface area contributed by atoms with Crippen molar-refractivity contribution in [2.45, 2.75) is 30.6 Å². The summed E-state index contributed by atoms with van der Waals surface area (Å²) in [5, 5.41) is 33.0. The van der Waals surface area contributed by atoms with E-state index in [9.17, 15) is 22.8 Å². The quantitative estimate of drug-likeness (QED) is 0.280. The Labute approximate surface area is 119 Å². The van der Waals surface area contributed by atoms with E-state index in [1.165, 1.54) is 6.92 Å². The molecule has 0 aromatic heterocycles. The minimum atomic E-state index is -3.88. The highest BCUT2D eigenvalue weighted by Gasteiger charge is 2.40. The number of hydrogen-bond donors (Lipinski definition) is 6. The highest BCUT2D eigenvalue weighted by atomic mass is 32.2. The van der Waals surface area contributed by atoms with Crippen molar-refractivity contribution in [3.63, 3.8) is 0 Å². The van der Waals surface area contributed by atoms with Crippen molar-refractivity contribution in [1.82, 2.24) is 0 Å². The standard InChI is InChI=1S/C6H8O7.C3H9NO3S/c7-3(8)1-6(13,5(11)12)2-4(9)10;1-3(2-4)8(5,6)7/h13H,1-2H2,(H,7,8)(H,9,10)(H,11,12);3H,2,4H2,1H3,(H,5,6,7). The molecular formula is C9H17NO10S. The molecule has 1 unspecified atom stereocenters. The third kappa shape index (κ3) is 9.73. The fourth-order valence-electron chi connectivity index (χ4n) is 0.836. The largest absolute Gasteiger partial charge is 0.481 e. The number of aliphatic hydroxyl groups is 1. The molecule has 0 amide bonds. The minimum absolute atomic E-state index is 0.0428. The van der Waals surface area contributed by atoms with Gasteiger partial charge in [0.2, 0.25) is 0 Å². The van der Waals surface area contributed by atoms with Gasteiger partial charge in [-0.3, -0.25) is 14.1 Å². The molecule has 0 rings (SSSR count). The first-order valence-corrected chi connectivity index (χ1v) is 6.82. The Morgan fingerprint density at radius 3 is 1.52 bits per heavy atom. The molecule has 0 aromatic carbocycles. The molecule has 0 radical (unpaired) electrons. The van der Waals surface area contributed by atoms with Crippen LogP contribution in [-0.4, -0.2) is 68.7 Å². The van der Waals surface area contributed by atoms with Crippen molar-refractivity contribution in [1.29, 1.82) is 0 Å². The molecule has 0 aliphatic carbocycles. The lowest BCUT2D eigenvalue weighted by molar-refractivity contribution is -0.170. The van der Waals surface area contributed by atoms with Gasteiger partial charge in [-0.25, -0.2) is 4.79 Å². The number of aliphatic carboxylic acids is 3. The average molecular weight is 331 g/mol.